The van der Waals surface area contributed by atoms with Crippen LogP contribution < -0.4 is 5.73 Å². The molecular formula is C27H31N3O9S. The summed E-state index contributed by atoms with van der Waals surface area (Å²) in [6.45, 7) is 0.266. The number of piperazine rings is 1. The molecule has 3 fully saturated rings. The van der Waals surface area contributed by atoms with Crippen molar-refractivity contribution in [1.82, 2.24) is 9.21 Å². The number of Topliss-reactive ketones (excluding diaryl/α,β-unsaturated/α-hetero) is 2. The maximum absolute atomic E-state index is 14.1. The summed E-state index contributed by atoms with van der Waals surface area (Å²) in [5.41, 5.74) is 3.43. The highest BCUT2D eigenvalue weighted by atomic mass is 32.2. The molecule has 0 aromatic heterocycles. The van der Waals surface area contributed by atoms with Gasteiger partial charge in [0, 0.05) is 37.7 Å². The van der Waals surface area contributed by atoms with Crippen LogP contribution in [0.3, 0.4) is 0 Å². The number of ketones is 2. The molecule has 214 valence electrons. The third-order valence-electron chi connectivity index (χ3n) is 9.24. The SMILES string of the molecule is CS(=O)(=O)N1CCN([C@H]2C(=O)C(C(N)=O)=C(O)[C@@]3(O)C(=O)C4=C(O)c5c(O)ccc(C6CC6)c5C[C@H]4C[C@@H]23)CC1. The standard InChI is InChI=1S/C27H31N3O9S/c1-40(38,39)30-8-6-29(7-9-30)21-16-11-13-10-15-14(12-2-3-12)4-5-17(31)19(15)22(32)18(13)24(34)27(16,37)25(35)20(23(21)33)26(28)36/h4-5,12-13,16,21,31-32,35,37H,2-3,6-11H2,1H3,(H2,28,36)/t13-,16-,21+,27-/m0/s1. The van der Waals surface area contributed by atoms with Gasteiger partial charge in [0.05, 0.1) is 17.9 Å². The molecule has 1 heterocycles. The molecule has 0 bridgehead atoms. The number of phenols is 1. The molecule has 1 saturated heterocycles. The lowest BCUT2D eigenvalue weighted by molar-refractivity contribution is -0.155. The molecule has 0 unspecified atom stereocenters. The van der Waals surface area contributed by atoms with Gasteiger partial charge in [0.2, 0.25) is 15.8 Å². The summed E-state index contributed by atoms with van der Waals surface area (Å²) >= 11 is 0. The van der Waals surface area contributed by atoms with Gasteiger partial charge in [0.1, 0.15) is 22.8 Å². The van der Waals surface area contributed by atoms with E-state index < -0.39 is 68.1 Å². The molecule has 1 aliphatic heterocycles. The molecule has 0 spiro atoms. The first-order valence-corrected chi connectivity index (χ1v) is 15.1. The zero-order valence-electron chi connectivity index (χ0n) is 21.8. The van der Waals surface area contributed by atoms with Crippen LogP contribution in [0, 0.1) is 11.8 Å². The van der Waals surface area contributed by atoms with Crippen molar-refractivity contribution in [2.75, 3.05) is 32.4 Å². The summed E-state index contributed by atoms with van der Waals surface area (Å²) in [6.07, 6.45) is 3.27. The van der Waals surface area contributed by atoms with Gasteiger partial charge < -0.3 is 26.2 Å². The van der Waals surface area contributed by atoms with Crippen molar-refractivity contribution >= 4 is 33.3 Å². The van der Waals surface area contributed by atoms with E-state index in [2.05, 4.69) is 0 Å². The Kier molecular flexibility index (Phi) is 5.97. The molecule has 6 rings (SSSR count). The number of nitrogens with zero attached hydrogens (tertiary/aromatic N) is 2. The van der Waals surface area contributed by atoms with Gasteiger partial charge >= 0.3 is 0 Å². The van der Waals surface area contributed by atoms with Gasteiger partial charge in [-0.25, -0.2) is 8.42 Å². The minimum absolute atomic E-state index is 0.000362. The molecule has 4 aliphatic carbocycles. The van der Waals surface area contributed by atoms with E-state index in [-0.39, 0.29) is 61.8 Å². The van der Waals surface area contributed by atoms with Gasteiger partial charge in [-0.2, -0.15) is 4.31 Å². The number of carbonyl (C=O) groups excluding carboxylic acids is 3. The molecule has 1 aromatic rings. The number of aliphatic hydroxyl groups excluding tert-OH is 2. The fourth-order valence-corrected chi connectivity index (χ4v) is 8.01. The van der Waals surface area contributed by atoms with Gasteiger partial charge in [0.25, 0.3) is 5.91 Å². The van der Waals surface area contributed by atoms with Crippen molar-refractivity contribution in [3.63, 3.8) is 0 Å². The Balaban J connectivity index is 1.47. The highest BCUT2D eigenvalue weighted by molar-refractivity contribution is 7.88. The summed E-state index contributed by atoms with van der Waals surface area (Å²) < 4.78 is 25.3. The summed E-state index contributed by atoms with van der Waals surface area (Å²) in [6, 6.07) is 2.03. The predicted molar refractivity (Wildman–Crippen MR) is 141 cm³/mol. The number of primary amides is 1. The fourth-order valence-electron chi connectivity index (χ4n) is 7.18. The molecule has 2 saturated carbocycles. The molecule has 0 radical (unpaired) electrons. The lowest BCUT2D eigenvalue weighted by Crippen LogP contribution is -2.68. The number of carbonyl (C=O) groups is 3. The number of fused-ring (bicyclic) bond motifs is 3. The first-order chi connectivity index (χ1) is 18.8. The first kappa shape index (κ1) is 26.9. The van der Waals surface area contributed by atoms with Crippen molar-refractivity contribution in [1.29, 1.82) is 0 Å². The number of benzene rings is 1. The van der Waals surface area contributed by atoms with Crippen LogP contribution in [0.25, 0.3) is 5.76 Å². The topological polar surface area (TPSA) is 199 Å². The number of rotatable bonds is 4. The Morgan fingerprint density at radius 2 is 1.70 bits per heavy atom. The van der Waals surface area contributed by atoms with E-state index in [1.165, 1.54) is 10.4 Å². The van der Waals surface area contributed by atoms with Gasteiger partial charge in [-0.1, -0.05) is 6.07 Å². The second-order valence-electron chi connectivity index (χ2n) is 11.5. The number of sulfonamides is 1. The fraction of sp³-hybridized carbons (Fsp3) is 0.519. The van der Waals surface area contributed by atoms with Crippen molar-refractivity contribution in [3.05, 3.63) is 45.7 Å². The minimum Gasteiger partial charge on any atom is -0.508 e. The number of hydrogen-bond donors (Lipinski definition) is 5. The third kappa shape index (κ3) is 3.75. The highest BCUT2D eigenvalue weighted by Crippen LogP contribution is 2.54. The maximum atomic E-state index is 14.1. The quantitative estimate of drug-likeness (QED) is 0.302. The molecule has 5 aliphatic rings. The van der Waals surface area contributed by atoms with Crippen LogP contribution in [0.2, 0.25) is 0 Å². The van der Waals surface area contributed by atoms with Crippen LogP contribution in [0.1, 0.15) is 41.9 Å². The number of amides is 1. The maximum Gasteiger partial charge on any atom is 0.255 e. The lowest BCUT2D eigenvalue weighted by atomic mass is 9.57. The first-order valence-electron chi connectivity index (χ1n) is 13.3. The molecule has 40 heavy (non-hydrogen) atoms. The van der Waals surface area contributed by atoms with Crippen LogP contribution in [-0.4, -0.2) is 99.6 Å². The highest BCUT2D eigenvalue weighted by Gasteiger charge is 2.64. The van der Waals surface area contributed by atoms with Gasteiger partial charge in [0.15, 0.2) is 11.4 Å². The molecule has 13 heteroatoms. The monoisotopic (exact) mass is 573 g/mol. The number of hydrogen-bond acceptors (Lipinski definition) is 10. The van der Waals surface area contributed by atoms with Crippen molar-refractivity contribution in [2.45, 2.75) is 43.2 Å². The van der Waals surface area contributed by atoms with Crippen LogP contribution in [-0.2, 0) is 30.8 Å². The summed E-state index contributed by atoms with van der Waals surface area (Å²) in [7, 11) is -3.49. The molecule has 6 N–H and O–H groups in total. The van der Waals surface area contributed by atoms with E-state index in [0.717, 1.165) is 24.7 Å². The van der Waals surface area contributed by atoms with E-state index in [1.54, 1.807) is 4.90 Å². The molecule has 4 atom stereocenters. The van der Waals surface area contributed by atoms with Crippen LogP contribution in [0.5, 0.6) is 5.75 Å². The zero-order valence-corrected chi connectivity index (χ0v) is 22.6. The number of phenolic OH excluding ortho intramolecular Hbond substituents is 1. The minimum atomic E-state index is -3.49. The Morgan fingerprint density at radius 1 is 1.05 bits per heavy atom. The van der Waals surface area contributed by atoms with E-state index >= 15 is 0 Å². The van der Waals surface area contributed by atoms with Crippen molar-refractivity contribution in [3.8, 4) is 5.75 Å². The average molecular weight is 574 g/mol. The third-order valence-corrected chi connectivity index (χ3v) is 10.5. The molecule has 1 aromatic carbocycles. The van der Waals surface area contributed by atoms with Gasteiger partial charge in [-0.3, -0.25) is 19.3 Å². The summed E-state index contributed by atoms with van der Waals surface area (Å²) in [5.74, 6) is -6.64. The molecule has 1 amide bonds. The number of nitrogens with two attached hydrogens (primary N) is 1. The molecular weight excluding hydrogens is 542 g/mol. The second kappa shape index (κ2) is 8.87. The lowest BCUT2D eigenvalue weighted by Gasteiger charge is -2.52. The predicted octanol–water partition coefficient (Wildman–Crippen LogP) is -0.143. The van der Waals surface area contributed by atoms with Crippen LogP contribution in [0.4, 0.5) is 0 Å². The van der Waals surface area contributed by atoms with E-state index in [9.17, 15) is 43.2 Å². The largest absolute Gasteiger partial charge is 0.508 e. The average Bonchev–Trinajstić information content (AvgIpc) is 3.71. The number of aromatic hydroxyl groups is 1. The van der Waals surface area contributed by atoms with Gasteiger partial charge in [-0.15, -0.1) is 0 Å². The number of aliphatic hydroxyl groups is 3. The van der Waals surface area contributed by atoms with E-state index in [4.69, 9.17) is 5.73 Å². The molecule has 12 nitrogen and oxygen atoms in total. The van der Waals surface area contributed by atoms with E-state index in [0.29, 0.717) is 5.56 Å². The normalized spacial score (nSPS) is 31.6. The Hall–Kier alpha value is -3.26. The summed E-state index contributed by atoms with van der Waals surface area (Å²) in [4.78, 5) is 41.7. The van der Waals surface area contributed by atoms with Crippen LogP contribution >= 0.6 is 0 Å². The Bertz CT molecular complexity index is 1540. The summed E-state index contributed by atoms with van der Waals surface area (Å²) in [5, 5.41) is 45.0. The zero-order chi connectivity index (χ0) is 28.9. The van der Waals surface area contributed by atoms with E-state index in [1.807, 2.05) is 6.07 Å². The Labute approximate surface area is 230 Å². The van der Waals surface area contributed by atoms with Gasteiger partial charge in [-0.05, 0) is 54.7 Å². The smallest absolute Gasteiger partial charge is 0.255 e. The van der Waals surface area contributed by atoms with Crippen molar-refractivity contribution in [2.24, 2.45) is 17.6 Å². The van der Waals surface area contributed by atoms with Crippen molar-refractivity contribution < 1.29 is 43.2 Å². The second-order valence-corrected chi connectivity index (χ2v) is 13.5. The Morgan fingerprint density at radius 3 is 2.27 bits per heavy atom. The van der Waals surface area contributed by atoms with Crippen LogP contribution in [0.15, 0.2) is 29.0 Å².